The lowest BCUT2D eigenvalue weighted by Gasteiger charge is -2.32. The first-order valence-corrected chi connectivity index (χ1v) is 13.0. The molecule has 0 atom stereocenters. The number of allylic oxidation sites excluding steroid dienone is 1. The summed E-state index contributed by atoms with van der Waals surface area (Å²) in [4.78, 5) is 13.3. The van der Waals surface area contributed by atoms with Gasteiger partial charge in [-0.25, -0.2) is 9.18 Å². The fourth-order valence-corrected chi connectivity index (χ4v) is 5.30. The van der Waals surface area contributed by atoms with Crippen LogP contribution in [-0.2, 0) is 9.53 Å². The van der Waals surface area contributed by atoms with E-state index in [9.17, 15) is 9.18 Å². The quantitative estimate of drug-likeness (QED) is 0.266. The van der Waals surface area contributed by atoms with Gasteiger partial charge in [-0.2, -0.15) is 0 Å². The van der Waals surface area contributed by atoms with E-state index >= 15 is 0 Å². The number of aliphatic carboxylic acids is 1. The summed E-state index contributed by atoms with van der Waals surface area (Å²) >= 11 is 6.63. The van der Waals surface area contributed by atoms with E-state index in [1.807, 2.05) is 24.3 Å². The van der Waals surface area contributed by atoms with E-state index in [2.05, 4.69) is 29.2 Å². The number of anilines is 1. The minimum Gasteiger partial charge on any atom is -0.478 e. The molecule has 1 aliphatic carbocycles. The van der Waals surface area contributed by atoms with Crippen LogP contribution < -0.4 is 4.90 Å². The van der Waals surface area contributed by atoms with Crippen LogP contribution in [0.1, 0.15) is 41.5 Å². The number of carboxylic acids is 1. The smallest absolute Gasteiger partial charge is 0.328 e. The molecule has 0 aromatic heterocycles. The zero-order valence-electron chi connectivity index (χ0n) is 20.5. The van der Waals surface area contributed by atoms with Crippen molar-refractivity contribution in [3.8, 4) is 0 Å². The van der Waals surface area contributed by atoms with E-state index < -0.39 is 5.97 Å². The molecular weight excluding hydrogens is 489 g/mol. The molecule has 2 aliphatic rings. The summed E-state index contributed by atoms with van der Waals surface area (Å²) in [6.07, 6.45) is 5.97. The van der Waals surface area contributed by atoms with E-state index in [1.54, 1.807) is 12.1 Å². The Balaban J connectivity index is 1.64. The average molecular weight is 518 g/mol. The van der Waals surface area contributed by atoms with E-state index in [1.165, 1.54) is 12.1 Å². The lowest BCUT2D eigenvalue weighted by Crippen LogP contribution is -2.36. The highest BCUT2D eigenvalue weighted by Crippen LogP contribution is 2.47. The first-order chi connectivity index (χ1) is 18.0. The third-order valence-corrected chi connectivity index (χ3v) is 7.47. The van der Waals surface area contributed by atoms with Gasteiger partial charge in [0, 0.05) is 24.9 Å². The van der Waals surface area contributed by atoms with Gasteiger partial charge in [0.2, 0.25) is 0 Å². The van der Waals surface area contributed by atoms with Crippen molar-refractivity contribution >= 4 is 40.5 Å². The minimum atomic E-state index is -0.983. The minimum absolute atomic E-state index is 0.323. The molecule has 0 radical (unpaired) electrons. The molecule has 4 nitrogen and oxygen atoms in total. The number of morpholine rings is 1. The molecule has 0 spiro atoms. The van der Waals surface area contributed by atoms with Crippen LogP contribution in [0.15, 0.2) is 72.8 Å². The standard InChI is InChI=1S/C31H29ClFNO3/c32-28-20-25(33)11-14-27(28)31(22-2-1-3-22)30(23-7-4-21(5-8-23)6-15-29(35)36)24-9-12-26(13-10-24)34-16-18-37-19-17-34/h4-15,20,22H,1-3,16-19H2,(H,35,36). The Morgan fingerprint density at radius 1 is 0.973 bits per heavy atom. The molecule has 0 amide bonds. The molecule has 1 aliphatic heterocycles. The first-order valence-electron chi connectivity index (χ1n) is 12.6. The lowest BCUT2D eigenvalue weighted by molar-refractivity contribution is -0.131. The highest BCUT2D eigenvalue weighted by atomic mass is 35.5. The summed E-state index contributed by atoms with van der Waals surface area (Å²) < 4.78 is 19.5. The number of hydrogen-bond donors (Lipinski definition) is 1. The monoisotopic (exact) mass is 517 g/mol. The molecule has 190 valence electrons. The van der Waals surface area contributed by atoms with Crippen LogP contribution in [0.25, 0.3) is 17.2 Å². The van der Waals surface area contributed by atoms with Gasteiger partial charge in [0.05, 0.1) is 18.2 Å². The summed E-state index contributed by atoms with van der Waals surface area (Å²) in [6.45, 7) is 3.19. The summed E-state index contributed by atoms with van der Waals surface area (Å²) in [6, 6.07) is 21.1. The number of halogens is 2. The second-order valence-electron chi connectivity index (χ2n) is 9.48. The molecule has 2 fully saturated rings. The Morgan fingerprint density at radius 2 is 1.62 bits per heavy atom. The Hall–Kier alpha value is -3.41. The van der Waals surface area contributed by atoms with Gasteiger partial charge in [0.15, 0.2) is 0 Å². The highest BCUT2D eigenvalue weighted by Gasteiger charge is 2.28. The van der Waals surface area contributed by atoms with Crippen molar-refractivity contribution in [2.45, 2.75) is 19.3 Å². The zero-order chi connectivity index (χ0) is 25.8. The van der Waals surface area contributed by atoms with Gasteiger partial charge in [-0.05, 0) is 82.5 Å². The molecule has 1 saturated carbocycles. The molecule has 5 rings (SSSR count). The number of carboxylic acid groups (broad SMARTS) is 1. The molecule has 1 heterocycles. The topological polar surface area (TPSA) is 49.8 Å². The summed E-state index contributed by atoms with van der Waals surface area (Å²) in [5.74, 6) is -1.01. The number of hydrogen-bond acceptors (Lipinski definition) is 3. The van der Waals surface area contributed by atoms with E-state index in [4.69, 9.17) is 21.4 Å². The lowest BCUT2D eigenvalue weighted by atomic mass is 9.73. The normalized spacial score (nSPS) is 17.0. The van der Waals surface area contributed by atoms with Crippen LogP contribution in [0.3, 0.4) is 0 Å². The Labute approximate surface area is 221 Å². The van der Waals surface area contributed by atoms with Crippen LogP contribution >= 0.6 is 11.6 Å². The maximum Gasteiger partial charge on any atom is 0.328 e. The Morgan fingerprint density at radius 3 is 2.19 bits per heavy atom. The molecule has 0 bridgehead atoms. The second kappa shape index (κ2) is 11.3. The maximum absolute atomic E-state index is 14.0. The van der Waals surface area contributed by atoms with Crippen molar-refractivity contribution in [1.82, 2.24) is 0 Å². The molecule has 1 N–H and O–H groups in total. The van der Waals surface area contributed by atoms with Gasteiger partial charge in [-0.1, -0.05) is 60.5 Å². The van der Waals surface area contributed by atoms with Gasteiger partial charge >= 0.3 is 5.97 Å². The summed E-state index contributed by atoms with van der Waals surface area (Å²) in [5.41, 5.74) is 7.09. The van der Waals surface area contributed by atoms with Crippen molar-refractivity contribution in [2.24, 2.45) is 5.92 Å². The van der Waals surface area contributed by atoms with E-state index in [-0.39, 0.29) is 5.82 Å². The number of ether oxygens (including phenoxy) is 1. The van der Waals surface area contributed by atoms with E-state index in [0.717, 1.165) is 90.7 Å². The van der Waals surface area contributed by atoms with E-state index in [0.29, 0.717) is 10.9 Å². The molecule has 1 saturated heterocycles. The van der Waals surface area contributed by atoms with Gasteiger partial charge in [0.25, 0.3) is 0 Å². The third-order valence-electron chi connectivity index (χ3n) is 7.15. The van der Waals surface area contributed by atoms with Crippen LogP contribution in [-0.4, -0.2) is 37.4 Å². The number of carbonyl (C=O) groups is 1. The molecule has 3 aromatic carbocycles. The zero-order valence-corrected chi connectivity index (χ0v) is 21.3. The molecular formula is C31H29ClFNO3. The van der Waals surface area contributed by atoms with Gasteiger partial charge in [-0.3, -0.25) is 0 Å². The van der Waals surface area contributed by atoms with Crippen molar-refractivity contribution in [1.29, 1.82) is 0 Å². The second-order valence-corrected chi connectivity index (χ2v) is 9.89. The molecule has 3 aromatic rings. The van der Waals surface area contributed by atoms with Crippen LogP contribution in [0.2, 0.25) is 5.02 Å². The summed E-state index contributed by atoms with van der Waals surface area (Å²) in [5, 5.41) is 9.39. The van der Waals surface area contributed by atoms with Crippen molar-refractivity contribution in [3.05, 3.63) is 106 Å². The van der Waals surface area contributed by atoms with Crippen LogP contribution in [0.4, 0.5) is 10.1 Å². The van der Waals surface area contributed by atoms with Gasteiger partial charge in [-0.15, -0.1) is 0 Å². The fraction of sp³-hybridized carbons (Fsp3) is 0.258. The maximum atomic E-state index is 14.0. The fourth-order valence-electron chi connectivity index (χ4n) is 5.03. The van der Waals surface area contributed by atoms with Crippen LogP contribution in [0.5, 0.6) is 0 Å². The molecule has 37 heavy (non-hydrogen) atoms. The first kappa shape index (κ1) is 25.2. The van der Waals surface area contributed by atoms with Crippen molar-refractivity contribution in [3.63, 3.8) is 0 Å². The van der Waals surface area contributed by atoms with Crippen LogP contribution in [0, 0.1) is 11.7 Å². The highest BCUT2D eigenvalue weighted by molar-refractivity contribution is 6.32. The predicted octanol–water partition coefficient (Wildman–Crippen LogP) is 7.17. The molecule has 6 heteroatoms. The third kappa shape index (κ3) is 5.79. The predicted molar refractivity (Wildman–Crippen MR) is 147 cm³/mol. The summed E-state index contributed by atoms with van der Waals surface area (Å²) in [7, 11) is 0. The Kier molecular flexibility index (Phi) is 7.73. The van der Waals surface area contributed by atoms with Crippen molar-refractivity contribution < 1.29 is 19.0 Å². The molecule has 0 unspecified atom stereocenters. The number of nitrogens with zero attached hydrogens (tertiary/aromatic N) is 1. The SMILES string of the molecule is O=C(O)C=Cc1ccc(C(=C(c2ccc(F)cc2Cl)C2CCC2)c2ccc(N3CCOCC3)cc2)cc1. The Bertz CT molecular complexity index is 1320. The van der Waals surface area contributed by atoms with Gasteiger partial charge in [0.1, 0.15) is 5.82 Å². The number of rotatable bonds is 7. The average Bonchev–Trinajstić information content (AvgIpc) is 2.88. The largest absolute Gasteiger partial charge is 0.478 e. The van der Waals surface area contributed by atoms with Crippen molar-refractivity contribution in [2.75, 3.05) is 31.2 Å². The number of benzene rings is 3. The van der Waals surface area contributed by atoms with Gasteiger partial charge < -0.3 is 14.7 Å².